The van der Waals surface area contributed by atoms with Crippen LogP contribution in [0.4, 0.5) is 0 Å². The Labute approximate surface area is 111 Å². The number of nitrogens with two attached hydrogens (primary N) is 1. The first kappa shape index (κ1) is 12.5. The van der Waals surface area contributed by atoms with Crippen LogP contribution in [0.2, 0.25) is 0 Å². The molecule has 0 saturated carbocycles. The fourth-order valence-corrected chi connectivity index (χ4v) is 4.50. The van der Waals surface area contributed by atoms with Gasteiger partial charge in [-0.3, -0.25) is 0 Å². The molecule has 0 spiro atoms. The second-order valence-electron chi connectivity index (χ2n) is 3.66. The lowest BCUT2D eigenvalue weighted by Gasteiger charge is -2.35. The summed E-state index contributed by atoms with van der Waals surface area (Å²) in [5.74, 6) is 0. The first-order valence-corrected chi connectivity index (χ1v) is 7.64. The second-order valence-corrected chi connectivity index (χ2v) is 7.33. The predicted octanol–water partition coefficient (Wildman–Crippen LogP) is 1.54. The maximum absolute atomic E-state index is 12.2. The third kappa shape index (κ3) is 2.19. The van der Waals surface area contributed by atoms with Crippen LogP contribution >= 0.6 is 31.9 Å². The molecular weight excluding hydrogens is 360 g/mol. The van der Waals surface area contributed by atoms with Gasteiger partial charge in [-0.1, -0.05) is 15.9 Å². The fourth-order valence-electron chi connectivity index (χ4n) is 1.48. The van der Waals surface area contributed by atoms with Crippen LogP contribution in [0.5, 0.6) is 0 Å². The summed E-state index contributed by atoms with van der Waals surface area (Å²) in [7, 11) is -3.41. The van der Waals surface area contributed by atoms with E-state index < -0.39 is 10.0 Å². The molecule has 0 aliphatic carbocycles. The topological polar surface area (TPSA) is 63.4 Å². The van der Waals surface area contributed by atoms with Crippen LogP contribution in [0.15, 0.2) is 32.0 Å². The van der Waals surface area contributed by atoms with Crippen LogP contribution in [0, 0.1) is 0 Å². The van der Waals surface area contributed by atoms with Crippen LogP contribution in [0.3, 0.4) is 0 Å². The summed E-state index contributed by atoms with van der Waals surface area (Å²) >= 11 is 6.51. The van der Waals surface area contributed by atoms with Gasteiger partial charge in [-0.25, -0.2) is 8.42 Å². The summed E-state index contributed by atoms with van der Waals surface area (Å²) in [6.45, 7) is 0.780. The van der Waals surface area contributed by atoms with Crippen molar-refractivity contribution in [1.29, 1.82) is 0 Å². The van der Waals surface area contributed by atoms with Crippen molar-refractivity contribution in [2.45, 2.75) is 10.9 Å². The molecule has 16 heavy (non-hydrogen) atoms. The largest absolute Gasteiger partial charge is 0.325 e. The van der Waals surface area contributed by atoms with E-state index in [1.807, 2.05) is 0 Å². The van der Waals surface area contributed by atoms with Crippen molar-refractivity contribution >= 4 is 41.9 Å². The van der Waals surface area contributed by atoms with Gasteiger partial charge in [0.1, 0.15) is 0 Å². The molecule has 1 aromatic rings. The number of rotatable bonds is 2. The molecule has 1 heterocycles. The first-order valence-electron chi connectivity index (χ1n) is 4.62. The molecule has 0 aromatic heterocycles. The standard InChI is InChI=1S/C9H10Br2N2O2S/c10-6-1-2-8(11)9(3-6)16(14,15)13-4-7(12)5-13/h1-3,7H,4-5,12H2. The van der Waals surface area contributed by atoms with Gasteiger partial charge in [0.2, 0.25) is 10.0 Å². The molecule has 2 N–H and O–H groups in total. The highest BCUT2D eigenvalue weighted by Crippen LogP contribution is 2.29. The van der Waals surface area contributed by atoms with Gasteiger partial charge in [0, 0.05) is 28.1 Å². The number of hydrogen-bond acceptors (Lipinski definition) is 3. The Balaban J connectivity index is 2.40. The summed E-state index contributed by atoms with van der Waals surface area (Å²) in [6.07, 6.45) is 0. The van der Waals surface area contributed by atoms with Crippen LogP contribution < -0.4 is 5.73 Å². The SMILES string of the molecule is NC1CN(S(=O)(=O)c2cc(Br)ccc2Br)C1. The Morgan fingerprint density at radius 2 is 1.94 bits per heavy atom. The highest BCUT2D eigenvalue weighted by atomic mass is 79.9. The van der Waals surface area contributed by atoms with Crippen LogP contribution in [0.25, 0.3) is 0 Å². The van der Waals surface area contributed by atoms with E-state index in [2.05, 4.69) is 31.9 Å². The number of sulfonamides is 1. The van der Waals surface area contributed by atoms with E-state index >= 15 is 0 Å². The van der Waals surface area contributed by atoms with E-state index in [1.165, 1.54) is 4.31 Å². The Kier molecular flexibility index (Phi) is 3.42. The molecule has 0 unspecified atom stereocenters. The Bertz CT molecular complexity index is 512. The van der Waals surface area contributed by atoms with Gasteiger partial charge in [0.25, 0.3) is 0 Å². The average Bonchev–Trinajstić information content (AvgIpc) is 2.16. The first-order chi connectivity index (χ1) is 7.41. The third-order valence-corrected chi connectivity index (χ3v) is 5.71. The van der Waals surface area contributed by atoms with E-state index in [4.69, 9.17) is 5.73 Å². The average molecular weight is 370 g/mol. The molecule has 0 amide bonds. The minimum atomic E-state index is -3.41. The van der Waals surface area contributed by atoms with Gasteiger partial charge in [-0.05, 0) is 34.1 Å². The summed E-state index contributed by atoms with van der Waals surface area (Å²) in [4.78, 5) is 0.272. The summed E-state index contributed by atoms with van der Waals surface area (Å²) < 4.78 is 27.0. The smallest absolute Gasteiger partial charge is 0.244 e. The van der Waals surface area contributed by atoms with Gasteiger partial charge in [0.15, 0.2) is 0 Å². The molecule has 7 heteroatoms. The highest BCUT2D eigenvalue weighted by molar-refractivity contribution is 9.11. The lowest BCUT2D eigenvalue weighted by atomic mass is 10.2. The molecule has 1 fully saturated rings. The van der Waals surface area contributed by atoms with Gasteiger partial charge in [-0.2, -0.15) is 4.31 Å². The van der Waals surface area contributed by atoms with Gasteiger partial charge in [-0.15, -0.1) is 0 Å². The maximum Gasteiger partial charge on any atom is 0.244 e. The minimum absolute atomic E-state index is 0.0410. The lowest BCUT2D eigenvalue weighted by molar-refractivity contribution is 0.265. The Morgan fingerprint density at radius 1 is 1.31 bits per heavy atom. The van der Waals surface area contributed by atoms with Gasteiger partial charge < -0.3 is 5.73 Å². The monoisotopic (exact) mass is 368 g/mol. The molecule has 1 saturated heterocycles. The molecule has 1 aromatic carbocycles. The molecule has 1 aliphatic heterocycles. The summed E-state index contributed by atoms with van der Waals surface area (Å²) in [5.41, 5.74) is 5.58. The van der Waals surface area contributed by atoms with E-state index in [0.717, 1.165) is 4.47 Å². The molecule has 88 valence electrons. The molecule has 0 radical (unpaired) electrons. The van der Waals surface area contributed by atoms with Crippen molar-refractivity contribution < 1.29 is 8.42 Å². The number of benzene rings is 1. The quantitative estimate of drug-likeness (QED) is 0.860. The van der Waals surface area contributed by atoms with E-state index in [1.54, 1.807) is 18.2 Å². The zero-order valence-corrected chi connectivity index (χ0v) is 12.2. The third-order valence-electron chi connectivity index (χ3n) is 2.39. The van der Waals surface area contributed by atoms with Crippen LogP contribution in [0.1, 0.15) is 0 Å². The number of halogens is 2. The molecule has 1 aliphatic rings. The van der Waals surface area contributed by atoms with Crippen molar-refractivity contribution in [3.8, 4) is 0 Å². The van der Waals surface area contributed by atoms with Crippen molar-refractivity contribution in [2.24, 2.45) is 5.73 Å². The van der Waals surface area contributed by atoms with E-state index in [9.17, 15) is 8.42 Å². The number of hydrogen-bond donors (Lipinski definition) is 1. The van der Waals surface area contributed by atoms with Crippen LogP contribution in [-0.2, 0) is 10.0 Å². The molecule has 4 nitrogen and oxygen atoms in total. The van der Waals surface area contributed by atoms with E-state index in [-0.39, 0.29) is 10.9 Å². The molecule has 0 atom stereocenters. The molecular formula is C9H10Br2N2O2S. The maximum atomic E-state index is 12.2. The summed E-state index contributed by atoms with van der Waals surface area (Å²) in [6, 6.07) is 5.03. The Hall–Kier alpha value is 0.0500. The predicted molar refractivity (Wildman–Crippen MR) is 68.6 cm³/mol. The van der Waals surface area contributed by atoms with Gasteiger partial charge >= 0.3 is 0 Å². The van der Waals surface area contributed by atoms with Crippen molar-refractivity contribution in [1.82, 2.24) is 4.31 Å². The summed E-state index contributed by atoms with van der Waals surface area (Å²) in [5, 5.41) is 0. The van der Waals surface area contributed by atoms with Crippen molar-refractivity contribution in [3.05, 3.63) is 27.1 Å². The second kappa shape index (κ2) is 4.38. The van der Waals surface area contributed by atoms with Gasteiger partial charge in [0.05, 0.1) is 4.90 Å². The normalized spacial score (nSPS) is 18.4. The van der Waals surface area contributed by atoms with Crippen molar-refractivity contribution in [3.63, 3.8) is 0 Å². The van der Waals surface area contributed by atoms with Crippen LogP contribution in [-0.4, -0.2) is 31.9 Å². The molecule has 0 bridgehead atoms. The van der Waals surface area contributed by atoms with E-state index in [0.29, 0.717) is 17.6 Å². The highest BCUT2D eigenvalue weighted by Gasteiger charge is 2.35. The Morgan fingerprint density at radius 3 is 2.50 bits per heavy atom. The molecule has 2 rings (SSSR count). The lowest BCUT2D eigenvalue weighted by Crippen LogP contribution is -2.57. The van der Waals surface area contributed by atoms with Crippen molar-refractivity contribution in [2.75, 3.05) is 13.1 Å². The number of nitrogens with zero attached hydrogens (tertiary/aromatic N) is 1. The minimum Gasteiger partial charge on any atom is -0.325 e. The fraction of sp³-hybridized carbons (Fsp3) is 0.333. The zero-order chi connectivity index (χ0) is 11.9. The zero-order valence-electron chi connectivity index (χ0n) is 8.23.